The lowest BCUT2D eigenvalue weighted by Gasteiger charge is -2.32. The molecule has 0 radical (unpaired) electrons. The molecule has 1 heterocycles. The molecule has 6 heteroatoms. The monoisotopic (exact) mass is 270 g/mol. The summed E-state index contributed by atoms with van der Waals surface area (Å²) in [5.41, 5.74) is 0. The number of rotatable bonds is 3. The number of carbonyl (C=O) groups is 1. The maximum absolute atomic E-state index is 13.3. The van der Waals surface area contributed by atoms with Crippen molar-refractivity contribution in [1.29, 1.82) is 0 Å². The van der Waals surface area contributed by atoms with Gasteiger partial charge in [0.05, 0.1) is 0 Å². The van der Waals surface area contributed by atoms with E-state index in [0.717, 1.165) is 25.2 Å². The average molecular weight is 270 g/mol. The highest BCUT2D eigenvalue weighted by Gasteiger charge is 2.19. The van der Waals surface area contributed by atoms with Crippen molar-refractivity contribution < 1.29 is 18.3 Å². The predicted octanol–water partition coefficient (Wildman–Crippen LogP) is 1.12. The molecule has 0 aromatic heterocycles. The Morgan fingerprint density at radius 3 is 2.58 bits per heavy atom. The first kappa shape index (κ1) is 13.7. The molecule has 104 valence electrons. The van der Waals surface area contributed by atoms with Crippen molar-refractivity contribution in [1.82, 2.24) is 9.80 Å². The highest BCUT2D eigenvalue weighted by molar-refractivity contribution is 5.77. The van der Waals surface area contributed by atoms with Gasteiger partial charge in [-0.1, -0.05) is 0 Å². The highest BCUT2D eigenvalue weighted by atomic mass is 19.1. The van der Waals surface area contributed by atoms with Gasteiger partial charge in [-0.15, -0.1) is 0 Å². The Morgan fingerprint density at radius 2 is 1.95 bits per heavy atom. The fourth-order valence-corrected chi connectivity index (χ4v) is 1.88. The van der Waals surface area contributed by atoms with Crippen molar-refractivity contribution in [2.45, 2.75) is 0 Å². The lowest BCUT2D eigenvalue weighted by molar-refractivity contribution is -0.134. The molecule has 0 saturated carbocycles. The number of carbonyl (C=O) groups excluding carboxylic acids is 1. The van der Waals surface area contributed by atoms with Crippen LogP contribution in [0.2, 0.25) is 0 Å². The van der Waals surface area contributed by atoms with E-state index in [9.17, 15) is 13.6 Å². The smallest absolute Gasteiger partial charge is 0.260 e. The summed E-state index contributed by atoms with van der Waals surface area (Å²) in [4.78, 5) is 15.7. The second-order valence-corrected chi connectivity index (χ2v) is 4.55. The van der Waals surface area contributed by atoms with Crippen LogP contribution in [0.1, 0.15) is 0 Å². The zero-order valence-corrected chi connectivity index (χ0v) is 10.7. The Morgan fingerprint density at radius 1 is 1.26 bits per heavy atom. The largest absolute Gasteiger partial charge is 0.481 e. The first-order valence-corrected chi connectivity index (χ1v) is 6.10. The standard InChI is InChI=1S/C13H16F2N2O2/c1-16-4-6-17(7-5-16)13(18)9-19-12-3-2-10(14)8-11(12)15/h2-3,8H,4-7,9H2,1H3. The van der Waals surface area contributed by atoms with Crippen LogP contribution in [-0.2, 0) is 4.79 Å². The van der Waals surface area contributed by atoms with Crippen LogP contribution in [0.15, 0.2) is 18.2 Å². The van der Waals surface area contributed by atoms with Gasteiger partial charge in [-0.25, -0.2) is 8.78 Å². The van der Waals surface area contributed by atoms with Crippen molar-refractivity contribution in [3.8, 4) is 5.75 Å². The fourth-order valence-electron chi connectivity index (χ4n) is 1.88. The molecule has 4 nitrogen and oxygen atoms in total. The second kappa shape index (κ2) is 5.97. The molecule has 0 atom stereocenters. The molecule has 1 aliphatic heterocycles. The van der Waals surface area contributed by atoms with E-state index in [1.807, 2.05) is 7.05 Å². The lowest BCUT2D eigenvalue weighted by atomic mass is 10.3. The summed E-state index contributed by atoms with van der Waals surface area (Å²) in [6, 6.07) is 3.01. The van der Waals surface area contributed by atoms with Crippen LogP contribution in [0.25, 0.3) is 0 Å². The zero-order valence-electron chi connectivity index (χ0n) is 10.7. The normalized spacial score (nSPS) is 16.5. The molecule has 2 rings (SSSR count). The number of benzene rings is 1. The molecule has 19 heavy (non-hydrogen) atoms. The van der Waals surface area contributed by atoms with E-state index >= 15 is 0 Å². The molecule has 1 aromatic rings. The molecule has 1 aliphatic rings. The molecular weight excluding hydrogens is 254 g/mol. The van der Waals surface area contributed by atoms with Crippen molar-refractivity contribution in [2.75, 3.05) is 39.8 Å². The van der Waals surface area contributed by atoms with Gasteiger partial charge in [0.25, 0.3) is 5.91 Å². The molecule has 1 saturated heterocycles. The van der Waals surface area contributed by atoms with Gasteiger partial charge in [-0.05, 0) is 19.2 Å². The highest BCUT2D eigenvalue weighted by Crippen LogP contribution is 2.17. The van der Waals surface area contributed by atoms with E-state index in [-0.39, 0.29) is 18.3 Å². The SMILES string of the molecule is CN1CCN(C(=O)COc2ccc(F)cc2F)CC1. The molecular formula is C13H16F2N2O2. The van der Waals surface area contributed by atoms with Gasteiger partial charge >= 0.3 is 0 Å². The van der Waals surface area contributed by atoms with Gasteiger partial charge in [-0.3, -0.25) is 4.79 Å². The third-order valence-corrected chi connectivity index (χ3v) is 3.10. The van der Waals surface area contributed by atoms with Crippen LogP contribution >= 0.6 is 0 Å². The third kappa shape index (κ3) is 3.64. The molecule has 1 fully saturated rings. The van der Waals surface area contributed by atoms with Crippen molar-refractivity contribution >= 4 is 5.91 Å². The maximum atomic E-state index is 13.3. The maximum Gasteiger partial charge on any atom is 0.260 e. The summed E-state index contributed by atoms with van der Waals surface area (Å²) in [6.07, 6.45) is 0. The summed E-state index contributed by atoms with van der Waals surface area (Å²) in [7, 11) is 1.99. The van der Waals surface area contributed by atoms with E-state index < -0.39 is 11.6 Å². The summed E-state index contributed by atoms with van der Waals surface area (Å²) in [5.74, 6) is -1.76. The summed E-state index contributed by atoms with van der Waals surface area (Å²) < 4.78 is 31.1. The lowest BCUT2D eigenvalue weighted by Crippen LogP contribution is -2.48. The van der Waals surface area contributed by atoms with E-state index in [1.54, 1.807) is 4.90 Å². The molecule has 1 aromatic carbocycles. The number of hydrogen-bond donors (Lipinski definition) is 0. The van der Waals surface area contributed by atoms with Crippen LogP contribution < -0.4 is 4.74 Å². The third-order valence-electron chi connectivity index (χ3n) is 3.10. The average Bonchev–Trinajstić information content (AvgIpc) is 2.38. The van der Waals surface area contributed by atoms with Crippen LogP contribution in [-0.4, -0.2) is 55.5 Å². The molecule has 0 N–H and O–H groups in total. The number of piperazine rings is 1. The van der Waals surface area contributed by atoms with Crippen molar-refractivity contribution in [3.05, 3.63) is 29.8 Å². The Labute approximate surface area is 110 Å². The van der Waals surface area contributed by atoms with E-state index in [2.05, 4.69) is 4.90 Å². The fraction of sp³-hybridized carbons (Fsp3) is 0.462. The quantitative estimate of drug-likeness (QED) is 0.825. The predicted molar refractivity (Wildman–Crippen MR) is 65.9 cm³/mol. The molecule has 0 aliphatic carbocycles. The summed E-state index contributed by atoms with van der Waals surface area (Å²) in [5, 5.41) is 0. The topological polar surface area (TPSA) is 32.8 Å². The molecule has 0 unspecified atom stereocenters. The minimum Gasteiger partial charge on any atom is -0.481 e. The van der Waals surface area contributed by atoms with Gasteiger partial charge in [0.2, 0.25) is 0 Å². The number of ether oxygens (including phenoxy) is 1. The van der Waals surface area contributed by atoms with Gasteiger partial charge < -0.3 is 14.5 Å². The van der Waals surface area contributed by atoms with Crippen LogP contribution in [0.3, 0.4) is 0 Å². The van der Waals surface area contributed by atoms with Crippen molar-refractivity contribution in [2.24, 2.45) is 0 Å². The minimum atomic E-state index is -0.800. The Kier molecular flexibility index (Phi) is 4.31. The summed E-state index contributed by atoms with van der Waals surface area (Å²) in [6.45, 7) is 2.69. The second-order valence-electron chi connectivity index (χ2n) is 4.55. The Hall–Kier alpha value is -1.69. The first-order valence-electron chi connectivity index (χ1n) is 6.10. The van der Waals surface area contributed by atoms with E-state index in [0.29, 0.717) is 13.1 Å². The van der Waals surface area contributed by atoms with Crippen LogP contribution in [0, 0.1) is 11.6 Å². The number of halogens is 2. The van der Waals surface area contributed by atoms with Crippen LogP contribution in [0.5, 0.6) is 5.75 Å². The number of nitrogens with zero attached hydrogens (tertiary/aromatic N) is 2. The number of hydrogen-bond acceptors (Lipinski definition) is 3. The van der Waals surface area contributed by atoms with Gasteiger partial charge in [-0.2, -0.15) is 0 Å². The molecule has 0 bridgehead atoms. The molecule has 1 amide bonds. The Balaban J connectivity index is 1.86. The first-order chi connectivity index (χ1) is 9.06. The van der Waals surface area contributed by atoms with Gasteiger partial charge in [0.15, 0.2) is 18.2 Å². The minimum absolute atomic E-state index is 0.108. The van der Waals surface area contributed by atoms with Crippen LogP contribution in [0.4, 0.5) is 8.78 Å². The van der Waals surface area contributed by atoms with Gasteiger partial charge in [0.1, 0.15) is 5.82 Å². The van der Waals surface area contributed by atoms with E-state index in [1.165, 1.54) is 6.07 Å². The summed E-state index contributed by atoms with van der Waals surface area (Å²) >= 11 is 0. The van der Waals surface area contributed by atoms with Crippen molar-refractivity contribution in [3.63, 3.8) is 0 Å². The van der Waals surface area contributed by atoms with E-state index in [4.69, 9.17) is 4.74 Å². The molecule has 0 spiro atoms. The zero-order chi connectivity index (χ0) is 13.8. The number of likely N-dealkylation sites (N-methyl/N-ethyl adjacent to an activating group) is 1. The Bertz CT molecular complexity index is 460. The number of amides is 1. The van der Waals surface area contributed by atoms with Gasteiger partial charge in [0, 0.05) is 32.2 Å².